The van der Waals surface area contributed by atoms with Gasteiger partial charge in [-0.05, 0) is 112 Å². The SMILES string of the molecule is CCO.CCc1cnn2c(NCc3ccc(C(C)(C)OCCC(C)(C)OC4CCN(C(=O)OC(C)(C)C)CC4)nc3)cc(N3CCCCC3)nc12. The van der Waals surface area contributed by atoms with Crippen LogP contribution in [-0.4, -0.2) is 92.4 Å². The monoisotopic (exact) mass is 709 g/mol. The Labute approximate surface area is 305 Å². The molecule has 0 bridgehead atoms. The van der Waals surface area contributed by atoms with E-state index in [0.29, 0.717) is 26.2 Å². The van der Waals surface area contributed by atoms with Crippen LogP contribution in [0.25, 0.3) is 5.65 Å². The predicted octanol–water partition coefficient (Wildman–Crippen LogP) is 7.12. The molecule has 2 aliphatic heterocycles. The summed E-state index contributed by atoms with van der Waals surface area (Å²) >= 11 is 0. The fraction of sp³-hybridized carbons (Fsp3) is 0.692. The quantitative estimate of drug-likeness (QED) is 0.201. The van der Waals surface area contributed by atoms with Gasteiger partial charge in [-0.2, -0.15) is 9.61 Å². The van der Waals surface area contributed by atoms with Gasteiger partial charge in [0.2, 0.25) is 0 Å². The maximum absolute atomic E-state index is 12.4. The summed E-state index contributed by atoms with van der Waals surface area (Å²) in [7, 11) is 0. The van der Waals surface area contributed by atoms with Crippen molar-refractivity contribution in [1.29, 1.82) is 0 Å². The first-order valence-corrected chi connectivity index (χ1v) is 18.9. The average Bonchev–Trinajstić information content (AvgIpc) is 3.51. The number of amides is 1. The fourth-order valence-corrected chi connectivity index (χ4v) is 6.35. The van der Waals surface area contributed by atoms with Crippen LogP contribution in [0, 0.1) is 0 Å². The molecule has 3 aromatic heterocycles. The van der Waals surface area contributed by atoms with Gasteiger partial charge in [-0.3, -0.25) is 4.98 Å². The minimum absolute atomic E-state index is 0.108. The van der Waals surface area contributed by atoms with Crippen molar-refractivity contribution in [3.05, 3.63) is 47.4 Å². The number of rotatable bonds is 12. The van der Waals surface area contributed by atoms with Crippen molar-refractivity contribution in [2.45, 2.75) is 137 Å². The molecule has 0 spiro atoms. The summed E-state index contributed by atoms with van der Waals surface area (Å²) in [5.74, 6) is 1.95. The lowest BCUT2D eigenvalue weighted by Gasteiger charge is -2.37. The molecule has 0 aromatic carbocycles. The number of aryl methyl sites for hydroxylation is 1. The molecule has 1 amide bonds. The van der Waals surface area contributed by atoms with Gasteiger partial charge in [-0.15, -0.1) is 0 Å². The summed E-state index contributed by atoms with van der Waals surface area (Å²) in [5.41, 5.74) is 2.66. The van der Waals surface area contributed by atoms with E-state index in [2.05, 4.69) is 68.1 Å². The largest absolute Gasteiger partial charge is 0.444 e. The number of aliphatic hydroxyl groups excluding tert-OH is 1. The summed E-state index contributed by atoms with van der Waals surface area (Å²) in [4.78, 5) is 26.4. The Kier molecular flexibility index (Phi) is 14.1. The van der Waals surface area contributed by atoms with Crippen LogP contribution in [0.2, 0.25) is 0 Å². The van der Waals surface area contributed by atoms with Gasteiger partial charge in [-0.25, -0.2) is 9.78 Å². The number of carbonyl (C=O) groups is 1. The number of aromatic nitrogens is 4. The van der Waals surface area contributed by atoms with E-state index in [0.717, 1.165) is 72.9 Å². The first-order valence-electron chi connectivity index (χ1n) is 18.9. The molecule has 5 heterocycles. The van der Waals surface area contributed by atoms with Crippen molar-refractivity contribution in [3.8, 4) is 0 Å². The van der Waals surface area contributed by atoms with Crippen molar-refractivity contribution in [3.63, 3.8) is 0 Å². The Balaban J connectivity index is 0.00000188. The van der Waals surface area contributed by atoms with Crippen LogP contribution >= 0.6 is 0 Å². The van der Waals surface area contributed by atoms with Crippen molar-refractivity contribution in [2.75, 3.05) is 49.6 Å². The van der Waals surface area contributed by atoms with Crippen molar-refractivity contribution in [2.24, 2.45) is 0 Å². The average molecular weight is 710 g/mol. The summed E-state index contributed by atoms with van der Waals surface area (Å²) in [6.45, 7) is 22.7. The molecule has 0 atom stereocenters. The van der Waals surface area contributed by atoms with E-state index < -0.39 is 11.2 Å². The number of hydrogen-bond acceptors (Lipinski definition) is 10. The molecular formula is C39H63N7O5. The van der Waals surface area contributed by atoms with Gasteiger partial charge >= 0.3 is 6.09 Å². The number of ether oxygens (including phenoxy) is 3. The maximum Gasteiger partial charge on any atom is 0.410 e. The summed E-state index contributed by atoms with van der Waals surface area (Å²) in [6.07, 6.45) is 10.7. The maximum atomic E-state index is 12.4. The number of nitrogens with one attached hydrogen (secondary N) is 1. The van der Waals surface area contributed by atoms with Crippen LogP contribution < -0.4 is 10.2 Å². The highest BCUT2D eigenvalue weighted by Crippen LogP contribution is 2.29. The topological polar surface area (TPSA) is 127 Å². The molecule has 51 heavy (non-hydrogen) atoms. The molecule has 0 saturated carbocycles. The summed E-state index contributed by atoms with van der Waals surface area (Å²) in [6, 6.07) is 6.30. The number of anilines is 2. The molecule has 0 aliphatic carbocycles. The Morgan fingerprint density at radius 1 is 0.980 bits per heavy atom. The van der Waals surface area contributed by atoms with E-state index >= 15 is 0 Å². The number of nitrogens with zero attached hydrogens (tertiary/aromatic N) is 6. The molecule has 5 rings (SSSR count). The number of pyridine rings is 1. The smallest absolute Gasteiger partial charge is 0.410 e. The van der Waals surface area contributed by atoms with Crippen molar-refractivity contribution < 1.29 is 24.1 Å². The van der Waals surface area contributed by atoms with Gasteiger partial charge in [-0.1, -0.05) is 13.0 Å². The first kappa shape index (κ1) is 40.3. The molecule has 3 aromatic rings. The Bertz CT molecular complexity index is 1520. The zero-order valence-electron chi connectivity index (χ0n) is 32.6. The second-order valence-corrected chi connectivity index (χ2v) is 15.7. The molecule has 12 nitrogen and oxygen atoms in total. The Morgan fingerprint density at radius 3 is 2.27 bits per heavy atom. The number of piperidine rings is 2. The second-order valence-electron chi connectivity index (χ2n) is 15.7. The lowest BCUT2D eigenvalue weighted by Crippen LogP contribution is -2.45. The molecule has 2 saturated heterocycles. The van der Waals surface area contributed by atoms with Gasteiger partial charge in [0.25, 0.3) is 0 Å². The highest BCUT2D eigenvalue weighted by Gasteiger charge is 2.32. The van der Waals surface area contributed by atoms with Crippen LogP contribution in [-0.2, 0) is 32.8 Å². The number of carbonyl (C=O) groups excluding carboxylic acids is 1. The normalized spacial score (nSPS) is 16.2. The Morgan fingerprint density at radius 2 is 1.67 bits per heavy atom. The fourth-order valence-electron chi connectivity index (χ4n) is 6.35. The standard InChI is InChI=1S/C37H57N7O4.C2H6O/c1-9-28-26-40-44-31(23-32(41-33(28)44)42-18-11-10-12-19-42)39-25-27-13-14-30(38-24-27)37(7,8)46-22-17-36(5,6)47-29-15-20-43(21-16-29)34(45)48-35(2,3)4;1-2-3/h13-14,23-24,26,29,39H,9-12,15-22,25H2,1-8H3;3H,2H2,1H3. The number of aliphatic hydroxyl groups is 1. The highest BCUT2D eigenvalue weighted by molar-refractivity contribution is 5.68. The third kappa shape index (κ3) is 11.8. The molecule has 2 N–H and O–H groups in total. The van der Waals surface area contributed by atoms with E-state index in [1.54, 1.807) is 11.8 Å². The molecule has 0 unspecified atom stereocenters. The lowest BCUT2D eigenvalue weighted by atomic mass is 10.0. The Hall–Kier alpha value is -3.48. The first-order chi connectivity index (χ1) is 24.1. The minimum Gasteiger partial charge on any atom is -0.444 e. The third-order valence-electron chi connectivity index (χ3n) is 9.25. The molecule has 0 radical (unpaired) electrons. The zero-order valence-corrected chi connectivity index (χ0v) is 32.6. The van der Waals surface area contributed by atoms with Crippen molar-refractivity contribution >= 4 is 23.4 Å². The lowest BCUT2D eigenvalue weighted by molar-refractivity contribution is -0.116. The van der Waals surface area contributed by atoms with Crippen LogP contribution in [0.15, 0.2) is 30.6 Å². The second kappa shape index (κ2) is 17.8. The highest BCUT2D eigenvalue weighted by atomic mass is 16.6. The van der Waals surface area contributed by atoms with E-state index in [9.17, 15) is 4.79 Å². The van der Waals surface area contributed by atoms with E-state index in [1.165, 1.54) is 19.3 Å². The van der Waals surface area contributed by atoms with Crippen LogP contribution in [0.5, 0.6) is 0 Å². The van der Waals surface area contributed by atoms with Crippen LogP contribution in [0.4, 0.5) is 16.4 Å². The third-order valence-corrected chi connectivity index (χ3v) is 9.25. The zero-order chi connectivity index (χ0) is 37.2. The van der Waals surface area contributed by atoms with Gasteiger partial charge in [0.1, 0.15) is 22.8 Å². The van der Waals surface area contributed by atoms with E-state index in [4.69, 9.17) is 29.3 Å². The van der Waals surface area contributed by atoms with Crippen LogP contribution in [0.3, 0.4) is 0 Å². The van der Waals surface area contributed by atoms with E-state index in [-0.39, 0.29) is 24.4 Å². The van der Waals surface area contributed by atoms with Gasteiger partial charge in [0.15, 0.2) is 5.65 Å². The molecule has 12 heteroatoms. The number of likely N-dealkylation sites (tertiary alicyclic amines) is 1. The molecular weight excluding hydrogens is 646 g/mol. The molecule has 2 aliphatic rings. The number of hydrogen-bond donors (Lipinski definition) is 2. The van der Waals surface area contributed by atoms with Crippen molar-refractivity contribution in [1.82, 2.24) is 24.5 Å². The van der Waals surface area contributed by atoms with E-state index in [1.807, 2.05) is 37.7 Å². The predicted molar refractivity (Wildman–Crippen MR) is 202 cm³/mol. The molecule has 284 valence electrons. The van der Waals surface area contributed by atoms with Crippen LogP contribution in [0.1, 0.15) is 118 Å². The summed E-state index contributed by atoms with van der Waals surface area (Å²) in [5, 5.41) is 15.8. The van der Waals surface area contributed by atoms with Gasteiger partial charge in [0, 0.05) is 57.2 Å². The van der Waals surface area contributed by atoms with Gasteiger partial charge < -0.3 is 34.4 Å². The summed E-state index contributed by atoms with van der Waals surface area (Å²) < 4.78 is 20.3. The van der Waals surface area contributed by atoms with Gasteiger partial charge in [0.05, 0.1) is 30.2 Å². The number of fused-ring (bicyclic) bond motifs is 1. The molecule has 2 fully saturated rings. The minimum atomic E-state index is -0.549.